The number of azo groups is 2. The van der Waals surface area contributed by atoms with E-state index in [-0.39, 0.29) is 16.2 Å². The molecule has 2 fully saturated rings. The summed E-state index contributed by atoms with van der Waals surface area (Å²) in [4.78, 5) is 0. The molecule has 14 heteroatoms. The van der Waals surface area contributed by atoms with Crippen LogP contribution in [-0.2, 0) is 31.8 Å². The van der Waals surface area contributed by atoms with Crippen LogP contribution in [0.3, 0.4) is 0 Å². The van der Waals surface area contributed by atoms with Crippen LogP contribution >= 0.6 is 0 Å². The van der Waals surface area contributed by atoms with Crippen molar-refractivity contribution in [2.24, 2.45) is 36.7 Å². The summed E-state index contributed by atoms with van der Waals surface area (Å²) in [5.74, 6) is 5.12. The van der Waals surface area contributed by atoms with Gasteiger partial charge in [0.1, 0.15) is 34.5 Å². The van der Waals surface area contributed by atoms with Gasteiger partial charge in [-0.25, -0.2) is 0 Å². The minimum absolute atomic E-state index is 0.0817. The summed E-state index contributed by atoms with van der Waals surface area (Å²) < 4.78 is 59.4. The molecule has 91 heavy (non-hydrogen) atoms. The molecule has 2 saturated heterocycles. The lowest BCUT2D eigenvalue weighted by Gasteiger charge is -2.40. The second-order valence-electron chi connectivity index (χ2n) is 25.1. The molecule has 2 aliphatic rings. The molecule has 0 saturated carbocycles. The first-order valence-corrected chi connectivity index (χ1v) is 34.3. The van der Waals surface area contributed by atoms with E-state index in [9.17, 15) is 0 Å². The molecule has 14 nitrogen and oxygen atoms in total. The molecule has 0 aromatic heterocycles. The Morgan fingerprint density at radius 2 is 0.582 bits per heavy atom. The molecule has 6 aromatic carbocycles. The van der Waals surface area contributed by atoms with Gasteiger partial charge in [-0.3, -0.25) is 0 Å². The third-order valence-corrected chi connectivity index (χ3v) is 17.5. The van der Waals surface area contributed by atoms with Crippen LogP contribution in [-0.4, -0.2) is 92.5 Å². The molecule has 6 aromatic rings. The predicted octanol–water partition coefficient (Wildman–Crippen LogP) is 20.1. The van der Waals surface area contributed by atoms with E-state index in [0.29, 0.717) is 39.6 Å². The van der Waals surface area contributed by atoms with Gasteiger partial charge in [0.15, 0.2) is 0 Å². The van der Waals surface area contributed by atoms with E-state index >= 15 is 0 Å². The smallest absolute Gasteiger partial charge is 0.119 e. The lowest BCUT2D eigenvalue weighted by molar-refractivity contribution is -0.150. The Morgan fingerprint density at radius 3 is 0.857 bits per heavy atom. The van der Waals surface area contributed by atoms with Gasteiger partial charge in [-0.05, 0) is 253 Å². The number of rotatable bonds is 48. The van der Waals surface area contributed by atoms with E-state index in [2.05, 4.69) is 96.7 Å². The van der Waals surface area contributed by atoms with Crippen LogP contribution in [0.5, 0.6) is 34.5 Å². The van der Waals surface area contributed by atoms with Crippen LogP contribution in [0.1, 0.15) is 154 Å². The maximum Gasteiger partial charge on any atom is 0.119 e. The Labute approximate surface area is 544 Å². The van der Waals surface area contributed by atoms with Crippen molar-refractivity contribution in [3.63, 3.8) is 0 Å². The molecule has 0 aliphatic carbocycles. The summed E-state index contributed by atoms with van der Waals surface area (Å²) in [7, 11) is 0. The van der Waals surface area contributed by atoms with Gasteiger partial charge in [-0.1, -0.05) is 64.8 Å². The molecule has 492 valence electrons. The predicted molar refractivity (Wildman–Crippen MR) is 364 cm³/mol. The SMILES string of the molecule is CCCOc1ccc(/N=N/c2ccc(CC(CCCCOc3ccc(OCCCCCCOCC4(CC)COC4)cc3)(CCCCOc3ccc(OCCCCCCOCC4(CC)COC4)cc3)Cc3ccc(/N=N/c4ccc(OCCC)cc4)cc3)cc2)cc1. The average Bonchev–Trinajstić information content (AvgIpc) is 1.57. The van der Waals surface area contributed by atoms with Crippen molar-refractivity contribution in [1.29, 1.82) is 0 Å². The maximum absolute atomic E-state index is 6.38. The van der Waals surface area contributed by atoms with Crippen LogP contribution in [0.4, 0.5) is 22.7 Å². The largest absolute Gasteiger partial charge is 0.494 e. The van der Waals surface area contributed by atoms with Crippen LogP contribution < -0.4 is 28.4 Å². The minimum atomic E-state index is -0.0817. The number of benzene rings is 6. The highest BCUT2D eigenvalue weighted by molar-refractivity contribution is 5.45. The molecular formula is C77H104N4O10. The van der Waals surface area contributed by atoms with Crippen molar-refractivity contribution < 1.29 is 47.4 Å². The quantitative estimate of drug-likeness (QED) is 0.0268. The minimum Gasteiger partial charge on any atom is -0.494 e. The first-order chi connectivity index (χ1) is 44.8. The third-order valence-electron chi connectivity index (χ3n) is 17.5. The maximum atomic E-state index is 6.38. The fraction of sp³-hybridized carbons (Fsp3) is 0.532. The Hall–Kier alpha value is -6.84. The Morgan fingerprint density at radius 1 is 0.319 bits per heavy atom. The average molecular weight is 1250 g/mol. The number of hydrogen-bond acceptors (Lipinski definition) is 14. The Kier molecular flexibility index (Phi) is 30.4. The first-order valence-electron chi connectivity index (χ1n) is 34.3. The molecule has 0 radical (unpaired) electrons. The van der Waals surface area contributed by atoms with Crippen LogP contribution in [0, 0.1) is 16.2 Å². The van der Waals surface area contributed by atoms with Gasteiger partial charge in [-0.15, -0.1) is 0 Å². The monoisotopic (exact) mass is 1240 g/mol. The van der Waals surface area contributed by atoms with Crippen molar-refractivity contribution in [2.45, 2.75) is 156 Å². The summed E-state index contributed by atoms with van der Waals surface area (Å²) in [6.45, 7) is 19.3. The fourth-order valence-electron chi connectivity index (χ4n) is 11.3. The molecule has 2 aliphatic heterocycles. The standard InChI is InChI=1S/C77H104N4O10/c1-5-47-86-69-33-29-67(30-34-69)80-78-65-25-21-63(22-26-65)55-77(56-64-23-27-66(28-24-64)79-81-68-31-35-70(36-32-68)87-48-6-2,45-13-19-53-90-73-41-37-71(38-42-73)88-51-17-11-9-15-49-82-57-75(7-3)59-84-60-75)46-14-20-54-91-74-43-39-72(40-44-74)89-52-18-12-10-16-50-83-58-76(8-4)61-85-62-76/h21-44H,5-20,45-62H2,1-4H3/b80-78+,81-79+. The highest BCUT2D eigenvalue weighted by atomic mass is 16.5. The highest BCUT2D eigenvalue weighted by Crippen LogP contribution is 2.40. The van der Waals surface area contributed by atoms with Crippen LogP contribution in [0.2, 0.25) is 0 Å². The number of ether oxygens (including phenoxy) is 10. The third kappa shape index (κ3) is 25.3. The van der Waals surface area contributed by atoms with E-state index in [1.807, 2.05) is 97.1 Å². The normalized spacial score (nSPS) is 14.3. The van der Waals surface area contributed by atoms with E-state index < -0.39 is 0 Å². The number of unbranched alkanes of at least 4 members (excludes halogenated alkanes) is 8. The lowest BCUT2D eigenvalue weighted by atomic mass is 9.70. The zero-order valence-corrected chi connectivity index (χ0v) is 55.3. The second kappa shape index (κ2) is 39.5. The zero-order chi connectivity index (χ0) is 63.3. The molecule has 2 heterocycles. The van der Waals surface area contributed by atoms with Gasteiger partial charge in [0, 0.05) is 24.0 Å². The topological polar surface area (TPSA) is 142 Å². The molecule has 0 unspecified atom stereocenters. The van der Waals surface area contributed by atoms with E-state index in [0.717, 1.165) is 239 Å². The summed E-state index contributed by atoms with van der Waals surface area (Å²) in [6, 6.07) is 49.0. The summed E-state index contributed by atoms with van der Waals surface area (Å²) >= 11 is 0. The van der Waals surface area contributed by atoms with Crippen molar-refractivity contribution in [2.75, 3.05) is 92.5 Å². The van der Waals surface area contributed by atoms with Gasteiger partial charge in [0.05, 0.1) is 102 Å². The van der Waals surface area contributed by atoms with Crippen molar-refractivity contribution >= 4 is 22.7 Å². The molecule has 8 rings (SSSR count). The first kappa shape index (κ1) is 70.0. The molecular weight excluding hydrogens is 1140 g/mol. The van der Waals surface area contributed by atoms with Crippen LogP contribution in [0.15, 0.2) is 166 Å². The van der Waals surface area contributed by atoms with E-state index in [1.54, 1.807) is 0 Å². The van der Waals surface area contributed by atoms with Gasteiger partial charge in [-0.2, -0.15) is 20.5 Å². The zero-order valence-electron chi connectivity index (χ0n) is 55.3. The van der Waals surface area contributed by atoms with Crippen molar-refractivity contribution in [3.05, 3.63) is 157 Å². The second-order valence-corrected chi connectivity index (χ2v) is 25.1. The fourth-order valence-corrected chi connectivity index (χ4v) is 11.3. The number of nitrogens with zero attached hydrogens (tertiary/aromatic N) is 4. The van der Waals surface area contributed by atoms with E-state index in [1.165, 1.54) is 11.1 Å². The number of hydrogen-bond donors (Lipinski definition) is 0. The molecule has 0 amide bonds. The molecule has 0 bridgehead atoms. The van der Waals surface area contributed by atoms with Crippen molar-refractivity contribution in [3.8, 4) is 34.5 Å². The Bertz CT molecular complexity index is 2740. The van der Waals surface area contributed by atoms with Gasteiger partial charge >= 0.3 is 0 Å². The summed E-state index contributed by atoms with van der Waals surface area (Å²) in [6.07, 6.45) is 20.5. The van der Waals surface area contributed by atoms with Crippen LogP contribution in [0.25, 0.3) is 0 Å². The summed E-state index contributed by atoms with van der Waals surface area (Å²) in [5.41, 5.74) is 6.12. The Balaban J connectivity index is 0.866. The lowest BCUT2D eigenvalue weighted by Crippen LogP contribution is -2.45. The molecule has 0 spiro atoms. The molecule has 0 N–H and O–H groups in total. The van der Waals surface area contributed by atoms with E-state index in [4.69, 9.17) is 47.4 Å². The molecule has 0 atom stereocenters. The summed E-state index contributed by atoms with van der Waals surface area (Å²) in [5, 5.41) is 18.3. The highest BCUT2D eigenvalue weighted by Gasteiger charge is 2.38. The van der Waals surface area contributed by atoms with Gasteiger partial charge < -0.3 is 47.4 Å². The van der Waals surface area contributed by atoms with Gasteiger partial charge in [0.2, 0.25) is 0 Å². The van der Waals surface area contributed by atoms with Gasteiger partial charge in [0.25, 0.3) is 0 Å². The van der Waals surface area contributed by atoms with Crippen molar-refractivity contribution in [1.82, 2.24) is 0 Å².